The predicted molar refractivity (Wildman–Crippen MR) is 86.1 cm³/mol. The fourth-order valence-corrected chi connectivity index (χ4v) is 2.41. The van der Waals surface area contributed by atoms with E-state index in [-0.39, 0.29) is 0 Å². The van der Waals surface area contributed by atoms with Crippen LogP contribution in [0.25, 0.3) is 0 Å². The topological polar surface area (TPSA) is 50.8 Å². The average Bonchev–Trinajstić information content (AvgIpc) is 3.02. The Morgan fingerprint density at radius 2 is 1.86 bits per heavy atom. The third-order valence-electron chi connectivity index (χ3n) is 3.73. The standard InChI is InChI=1S/C17H18N2O3/c1-19(13-4-7-14(21-2)8-5-13)17(20)22-15-6-3-12-9-10-18-16(12)11-15/h3-8,11,18H,9-10H2,1-2H3. The molecule has 0 aromatic heterocycles. The lowest BCUT2D eigenvalue weighted by molar-refractivity contribution is 0.209. The van der Waals surface area contributed by atoms with Gasteiger partial charge in [0.05, 0.1) is 7.11 Å². The van der Waals surface area contributed by atoms with Gasteiger partial charge in [0, 0.05) is 31.0 Å². The summed E-state index contributed by atoms with van der Waals surface area (Å²) in [7, 11) is 3.28. The van der Waals surface area contributed by atoms with Gasteiger partial charge in [0.1, 0.15) is 11.5 Å². The van der Waals surface area contributed by atoms with E-state index in [9.17, 15) is 4.79 Å². The number of nitrogens with zero attached hydrogens (tertiary/aromatic N) is 1. The summed E-state index contributed by atoms with van der Waals surface area (Å²) in [6.45, 7) is 0.929. The highest BCUT2D eigenvalue weighted by molar-refractivity contribution is 5.88. The van der Waals surface area contributed by atoms with Crippen molar-refractivity contribution < 1.29 is 14.3 Å². The molecule has 0 saturated heterocycles. The molecule has 0 aliphatic carbocycles. The lowest BCUT2D eigenvalue weighted by Gasteiger charge is -2.17. The molecule has 1 heterocycles. The minimum atomic E-state index is -0.428. The molecule has 5 heteroatoms. The second kappa shape index (κ2) is 5.97. The van der Waals surface area contributed by atoms with Crippen LogP contribution in [0.4, 0.5) is 16.2 Å². The van der Waals surface area contributed by atoms with Gasteiger partial charge >= 0.3 is 6.09 Å². The molecule has 1 amide bonds. The average molecular weight is 298 g/mol. The molecule has 0 radical (unpaired) electrons. The summed E-state index contributed by atoms with van der Waals surface area (Å²) in [5.74, 6) is 1.29. The SMILES string of the molecule is COc1ccc(N(C)C(=O)Oc2ccc3c(c2)NCC3)cc1. The van der Waals surface area contributed by atoms with E-state index < -0.39 is 6.09 Å². The van der Waals surface area contributed by atoms with E-state index in [1.165, 1.54) is 10.5 Å². The highest BCUT2D eigenvalue weighted by Crippen LogP contribution is 2.27. The number of amides is 1. The van der Waals surface area contributed by atoms with Gasteiger partial charge in [-0.3, -0.25) is 4.90 Å². The van der Waals surface area contributed by atoms with Crippen LogP contribution in [0, 0.1) is 0 Å². The molecule has 0 fully saturated rings. The summed E-state index contributed by atoms with van der Waals surface area (Å²) in [6, 6.07) is 12.9. The smallest absolute Gasteiger partial charge is 0.419 e. The van der Waals surface area contributed by atoms with Crippen molar-refractivity contribution in [3.05, 3.63) is 48.0 Å². The first-order valence-corrected chi connectivity index (χ1v) is 7.14. The van der Waals surface area contributed by atoms with Gasteiger partial charge in [-0.05, 0) is 42.3 Å². The molecular formula is C17H18N2O3. The molecule has 22 heavy (non-hydrogen) atoms. The lowest BCUT2D eigenvalue weighted by atomic mass is 10.1. The zero-order chi connectivity index (χ0) is 15.5. The molecule has 0 spiro atoms. The van der Waals surface area contributed by atoms with Crippen LogP contribution in [-0.2, 0) is 6.42 Å². The number of benzene rings is 2. The van der Waals surface area contributed by atoms with Crippen LogP contribution in [-0.4, -0.2) is 26.8 Å². The maximum absolute atomic E-state index is 12.2. The first kappa shape index (κ1) is 14.3. The van der Waals surface area contributed by atoms with E-state index in [1.807, 2.05) is 30.3 Å². The van der Waals surface area contributed by atoms with Crippen molar-refractivity contribution in [3.8, 4) is 11.5 Å². The van der Waals surface area contributed by atoms with Crippen LogP contribution in [0.15, 0.2) is 42.5 Å². The van der Waals surface area contributed by atoms with E-state index in [0.717, 1.165) is 30.1 Å². The Labute approximate surface area is 129 Å². The van der Waals surface area contributed by atoms with Crippen LogP contribution in [0.3, 0.4) is 0 Å². The van der Waals surface area contributed by atoms with Gasteiger partial charge in [-0.1, -0.05) is 6.07 Å². The van der Waals surface area contributed by atoms with Crippen molar-refractivity contribution in [1.82, 2.24) is 0 Å². The minimum Gasteiger partial charge on any atom is -0.497 e. The molecule has 0 saturated carbocycles. The molecule has 5 nitrogen and oxygen atoms in total. The molecule has 2 aromatic carbocycles. The van der Waals surface area contributed by atoms with E-state index in [1.54, 1.807) is 26.3 Å². The van der Waals surface area contributed by atoms with Crippen molar-refractivity contribution in [1.29, 1.82) is 0 Å². The largest absolute Gasteiger partial charge is 0.497 e. The number of hydrogen-bond donors (Lipinski definition) is 1. The van der Waals surface area contributed by atoms with Crippen molar-refractivity contribution >= 4 is 17.5 Å². The summed E-state index contributed by atoms with van der Waals surface area (Å²) in [5.41, 5.74) is 3.03. The van der Waals surface area contributed by atoms with Gasteiger partial charge in [0.15, 0.2) is 0 Å². The maximum Gasteiger partial charge on any atom is 0.419 e. The summed E-state index contributed by atoms with van der Waals surface area (Å²) < 4.78 is 10.5. The highest BCUT2D eigenvalue weighted by atomic mass is 16.6. The van der Waals surface area contributed by atoms with E-state index in [4.69, 9.17) is 9.47 Å². The Morgan fingerprint density at radius 1 is 1.14 bits per heavy atom. The van der Waals surface area contributed by atoms with Gasteiger partial charge in [-0.25, -0.2) is 4.79 Å². The monoisotopic (exact) mass is 298 g/mol. The number of rotatable bonds is 3. The Hall–Kier alpha value is -2.69. The van der Waals surface area contributed by atoms with Crippen molar-refractivity contribution in [3.63, 3.8) is 0 Å². The van der Waals surface area contributed by atoms with E-state index >= 15 is 0 Å². The summed E-state index contributed by atoms with van der Waals surface area (Å²) in [5, 5.41) is 3.27. The normalized spacial score (nSPS) is 12.3. The quantitative estimate of drug-likeness (QED) is 0.944. The highest BCUT2D eigenvalue weighted by Gasteiger charge is 2.16. The number of ether oxygens (including phenoxy) is 2. The van der Waals surface area contributed by atoms with E-state index in [2.05, 4.69) is 5.32 Å². The Balaban J connectivity index is 1.70. The van der Waals surface area contributed by atoms with Crippen LogP contribution < -0.4 is 19.7 Å². The molecule has 1 aliphatic heterocycles. The zero-order valence-corrected chi connectivity index (χ0v) is 12.6. The Morgan fingerprint density at radius 3 is 2.59 bits per heavy atom. The van der Waals surface area contributed by atoms with Crippen LogP contribution in [0.2, 0.25) is 0 Å². The molecule has 1 N–H and O–H groups in total. The summed E-state index contributed by atoms with van der Waals surface area (Å²) in [6.07, 6.45) is 0.582. The van der Waals surface area contributed by atoms with E-state index in [0.29, 0.717) is 5.75 Å². The number of carbonyl (C=O) groups is 1. The minimum absolute atomic E-state index is 0.428. The van der Waals surface area contributed by atoms with Gasteiger partial charge < -0.3 is 14.8 Å². The van der Waals surface area contributed by atoms with Gasteiger partial charge in [-0.2, -0.15) is 0 Å². The number of hydrogen-bond acceptors (Lipinski definition) is 4. The Kier molecular flexibility index (Phi) is 3.87. The van der Waals surface area contributed by atoms with Crippen LogP contribution in [0.5, 0.6) is 11.5 Å². The lowest BCUT2D eigenvalue weighted by Crippen LogP contribution is -2.29. The molecule has 2 aromatic rings. The van der Waals surface area contributed by atoms with Crippen molar-refractivity contribution in [2.45, 2.75) is 6.42 Å². The zero-order valence-electron chi connectivity index (χ0n) is 12.6. The fourth-order valence-electron chi connectivity index (χ4n) is 2.41. The molecule has 3 rings (SSSR count). The molecule has 1 aliphatic rings. The van der Waals surface area contributed by atoms with Gasteiger partial charge in [0.25, 0.3) is 0 Å². The molecule has 0 unspecified atom stereocenters. The van der Waals surface area contributed by atoms with Gasteiger partial charge in [-0.15, -0.1) is 0 Å². The summed E-state index contributed by atoms with van der Waals surface area (Å²) in [4.78, 5) is 13.7. The second-order valence-electron chi connectivity index (χ2n) is 5.12. The Bertz CT molecular complexity index is 683. The first-order valence-electron chi connectivity index (χ1n) is 7.14. The molecular weight excluding hydrogens is 280 g/mol. The third kappa shape index (κ3) is 2.83. The number of methoxy groups -OCH3 is 1. The maximum atomic E-state index is 12.2. The molecule has 114 valence electrons. The van der Waals surface area contributed by atoms with Crippen molar-refractivity contribution in [2.24, 2.45) is 0 Å². The predicted octanol–water partition coefficient (Wildman–Crippen LogP) is 3.30. The fraction of sp³-hybridized carbons (Fsp3) is 0.235. The van der Waals surface area contributed by atoms with Crippen LogP contribution in [0.1, 0.15) is 5.56 Å². The summed E-state index contributed by atoms with van der Waals surface area (Å²) >= 11 is 0. The second-order valence-corrected chi connectivity index (χ2v) is 5.12. The molecule has 0 atom stereocenters. The van der Waals surface area contributed by atoms with Crippen molar-refractivity contribution in [2.75, 3.05) is 30.9 Å². The molecule has 0 bridgehead atoms. The number of anilines is 2. The third-order valence-corrected chi connectivity index (χ3v) is 3.73. The number of nitrogens with one attached hydrogen (secondary N) is 1. The first-order chi connectivity index (χ1) is 10.7. The number of carbonyl (C=O) groups excluding carboxylic acids is 1. The van der Waals surface area contributed by atoms with Crippen LogP contribution >= 0.6 is 0 Å². The van der Waals surface area contributed by atoms with Gasteiger partial charge in [0.2, 0.25) is 0 Å². The number of fused-ring (bicyclic) bond motifs is 1.